The number of halogens is 1. The summed E-state index contributed by atoms with van der Waals surface area (Å²) in [6, 6.07) is 5.93. The number of rotatable bonds is 2. The zero-order chi connectivity index (χ0) is 14.9. The average Bonchev–Trinajstić information content (AvgIpc) is 2.50. The van der Waals surface area contributed by atoms with E-state index in [9.17, 15) is 5.11 Å². The molecule has 1 saturated carbocycles. The number of hydrogen-bond donors (Lipinski definition) is 1. The zero-order valence-electron chi connectivity index (χ0n) is 12.8. The van der Waals surface area contributed by atoms with Crippen LogP contribution < -0.4 is 0 Å². The summed E-state index contributed by atoms with van der Waals surface area (Å²) in [4.78, 5) is 0. The number of aryl methyl sites for hydroxylation is 1. The first-order valence-corrected chi connectivity index (χ1v) is 8.56. The van der Waals surface area contributed by atoms with Gasteiger partial charge in [0.25, 0.3) is 0 Å². The second-order valence-electron chi connectivity index (χ2n) is 6.80. The van der Waals surface area contributed by atoms with Crippen LogP contribution in [0.4, 0.5) is 0 Å². The van der Waals surface area contributed by atoms with Crippen molar-refractivity contribution < 1.29 is 9.84 Å². The highest BCUT2D eigenvalue weighted by Gasteiger charge is 2.40. The first-order chi connectivity index (χ1) is 10.1. The molecule has 2 atom stereocenters. The van der Waals surface area contributed by atoms with Gasteiger partial charge in [-0.1, -0.05) is 43.0 Å². The first kappa shape index (κ1) is 15.3. The Kier molecular flexibility index (Phi) is 4.58. The fourth-order valence-electron chi connectivity index (χ4n) is 3.94. The molecular weight excluding hydrogens is 284 g/mol. The summed E-state index contributed by atoms with van der Waals surface area (Å²) in [6.07, 6.45) is 7.67. The van der Waals surface area contributed by atoms with Crippen LogP contribution in [-0.4, -0.2) is 17.3 Å². The van der Waals surface area contributed by atoms with E-state index in [0.29, 0.717) is 0 Å². The van der Waals surface area contributed by atoms with E-state index in [4.69, 9.17) is 16.3 Å². The summed E-state index contributed by atoms with van der Waals surface area (Å²) < 4.78 is 6.13. The van der Waals surface area contributed by atoms with Gasteiger partial charge in [-0.3, -0.25) is 0 Å². The summed E-state index contributed by atoms with van der Waals surface area (Å²) in [7, 11) is 0. The molecule has 2 nitrogen and oxygen atoms in total. The topological polar surface area (TPSA) is 29.5 Å². The minimum Gasteiger partial charge on any atom is -0.388 e. The minimum atomic E-state index is -0.425. The molecule has 21 heavy (non-hydrogen) atoms. The third-order valence-corrected chi connectivity index (χ3v) is 5.69. The van der Waals surface area contributed by atoms with Crippen molar-refractivity contribution in [3.63, 3.8) is 0 Å². The third kappa shape index (κ3) is 3.28. The quantitative estimate of drug-likeness (QED) is 0.849. The van der Waals surface area contributed by atoms with Crippen molar-refractivity contribution in [1.29, 1.82) is 0 Å². The molecule has 1 aliphatic carbocycles. The first-order valence-electron chi connectivity index (χ1n) is 8.18. The van der Waals surface area contributed by atoms with Crippen molar-refractivity contribution in [2.24, 2.45) is 5.92 Å². The second kappa shape index (κ2) is 6.28. The van der Waals surface area contributed by atoms with E-state index in [2.05, 4.69) is 0 Å². The summed E-state index contributed by atoms with van der Waals surface area (Å²) in [5, 5.41) is 11.5. The zero-order valence-corrected chi connectivity index (χ0v) is 13.5. The van der Waals surface area contributed by atoms with Crippen molar-refractivity contribution in [3.8, 4) is 0 Å². The molecule has 2 aliphatic rings. The van der Waals surface area contributed by atoms with E-state index in [0.717, 1.165) is 48.4 Å². The largest absolute Gasteiger partial charge is 0.388 e. The van der Waals surface area contributed by atoms with Gasteiger partial charge in [0, 0.05) is 11.6 Å². The fraction of sp³-hybridized carbons (Fsp3) is 0.667. The molecule has 1 aromatic carbocycles. The Morgan fingerprint density at radius 2 is 2.05 bits per heavy atom. The highest BCUT2D eigenvalue weighted by molar-refractivity contribution is 6.31. The molecule has 1 heterocycles. The van der Waals surface area contributed by atoms with Crippen molar-refractivity contribution >= 4 is 11.6 Å². The van der Waals surface area contributed by atoms with Gasteiger partial charge in [-0.05, 0) is 55.7 Å². The van der Waals surface area contributed by atoms with Crippen LogP contribution in [0, 0.1) is 12.8 Å². The van der Waals surface area contributed by atoms with E-state index in [1.165, 1.54) is 19.3 Å². The van der Waals surface area contributed by atoms with Crippen LogP contribution in [0.25, 0.3) is 0 Å². The Labute approximate surface area is 132 Å². The van der Waals surface area contributed by atoms with Crippen LogP contribution in [0.5, 0.6) is 0 Å². The molecule has 1 saturated heterocycles. The maximum absolute atomic E-state index is 10.8. The lowest BCUT2D eigenvalue weighted by Gasteiger charge is -2.44. The molecule has 0 amide bonds. The molecule has 0 bridgehead atoms. The van der Waals surface area contributed by atoms with Crippen molar-refractivity contribution in [2.75, 3.05) is 6.61 Å². The Balaban J connectivity index is 1.74. The Hall–Kier alpha value is -0.570. The van der Waals surface area contributed by atoms with Crippen LogP contribution in [0.1, 0.15) is 62.2 Å². The maximum atomic E-state index is 10.8. The van der Waals surface area contributed by atoms with Gasteiger partial charge >= 0.3 is 0 Å². The van der Waals surface area contributed by atoms with E-state index in [1.54, 1.807) is 0 Å². The van der Waals surface area contributed by atoms with Crippen molar-refractivity contribution in [3.05, 3.63) is 34.3 Å². The van der Waals surface area contributed by atoms with Crippen LogP contribution >= 0.6 is 11.6 Å². The number of benzene rings is 1. The SMILES string of the molecule is Cc1ccc(C(O)C2CCOC3(CCCCC3)C2)cc1Cl. The molecule has 116 valence electrons. The van der Waals surface area contributed by atoms with Gasteiger partial charge < -0.3 is 9.84 Å². The van der Waals surface area contributed by atoms with E-state index in [1.807, 2.05) is 25.1 Å². The van der Waals surface area contributed by atoms with Crippen LogP contribution in [0.3, 0.4) is 0 Å². The Morgan fingerprint density at radius 3 is 2.76 bits per heavy atom. The van der Waals surface area contributed by atoms with Crippen LogP contribution in [0.15, 0.2) is 18.2 Å². The van der Waals surface area contributed by atoms with E-state index >= 15 is 0 Å². The molecule has 1 spiro atoms. The predicted molar refractivity (Wildman–Crippen MR) is 85.6 cm³/mol. The molecule has 0 aromatic heterocycles. The molecular formula is C18H25ClO2. The summed E-state index contributed by atoms with van der Waals surface area (Å²) in [5.41, 5.74) is 2.04. The van der Waals surface area contributed by atoms with Gasteiger partial charge in [0.15, 0.2) is 0 Å². The van der Waals surface area contributed by atoms with Gasteiger partial charge in [-0.25, -0.2) is 0 Å². The number of aliphatic hydroxyl groups excluding tert-OH is 1. The lowest BCUT2D eigenvalue weighted by molar-refractivity contribution is -0.134. The molecule has 3 heteroatoms. The Bertz CT molecular complexity index is 488. The second-order valence-corrected chi connectivity index (χ2v) is 7.21. The number of ether oxygens (including phenoxy) is 1. The van der Waals surface area contributed by atoms with Gasteiger partial charge in [0.1, 0.15) is 0 Å². The average molecular weight is 309 g/mol. The van der Waals surface area contributed by atoms with Gasteiger partial charge in [0.2, 0.25) is 0 Å². The maximum Gasteiger partial charge on any atom is 0.0820 e. The monoisotopic (exact) mass is 308 g/mol. The van der Waals surface area contributed by atoms with E-state index < -0.39 is 6.10 Å². The van der Waals surface area contributed by atoms with Gasteiger partial charge in [0.05, 0.1) is 11.7 Å². The highest BCUT2D eigenvalue weighted by atomic mass is 35.5. The van der Waals surface area contributed by atoms with Gasteiger partial charge in [-0.15, -0.1) is 0 Å². The van der Waals surface area contributed by atoms with Crippen molar-refractivity contribution in [2.45, 2.75) is 63.6 Å². The van der Waals surface area contributed by atoms with Crippen LogP contribution in [0.2, 0.25) is 5.02 Å². The van der Waals surface area contributed by atoms with Crippen molar-refractivity contribution in [1.82, 2.24) is 0 Å². The molecule has 2 unspecified atom stereocenters. The fourth-order valence-corrected chi connectivity index (χ4v) is 4.13. The minimum absolute atomic E-state index is 0.0383. The Morgan fingerprint density at radius 1 is 1.29 bits per heavy atom. The molecule has 1 aromatic rings. The van der Waals surface area contributed by atoms with E-state index in [-0.39, 0.29) is 11.5 Å². The third-order valence-electron chi connectivity index (χ3n) is 5.28. The molecule has 1 aliphatic heterocycles. The van der Waals surface area contributed by atoms with Gasteiger partial charge in [-0.2, -0.15) is 0 Å². The predicted octanol–water partition coefficient (Wildman–Crippen LogP) is 4.81. The number of aliphatic hydroxyl groups is 1. The number of hydrogen-bond acceptors (Lipinski definition) is 2. The lowest BCUT2D eigenvalue weighted by atomic mass is 9.74. The summed E-state index contributed by atoms with van der Waals surface area (Å²) >= 11 is 6.20. The lowest BCUT2D eigenvalue weighted by Crippen LogP contribution is -2.42. The molecule has 0 radical (unpaired) electrons. The summed E-state index contributed by atoms with van der Waals surface area (Å²) in [6.45, 7) is 2.77. The molecule has 1 N–H and O–H groups in total. The molecule has 3 rings (SSSR count). The highest BCUT2D eigenvalue weighted by Crippen LogP contribution is 2.44. The molecule has 2 fully saturated rings. The standard InChI is InChI=1S/C18H25ClO2/c1-13-5-6-14(11-16(13)19)17(20)15-7-10-21-18(12-15)8-3-2-4-9-18/h5-6,11,15,17,20H,2-4,7-10,12H2,1H3. The normalized spacial score (nSPS) is 26.7. The summed E-state index contributed by atoms with van der Waals surface area (Å²) in [5.74, 6) is 0.288. The van der Waals surface area contributed by atoms with Crippen LogP contribution in [-0.2, 0) is 4.74 Å². The smallest absolute Gasteiger partial charge is 0.0820 e.